The summed E-state index contributed by atoms with van der Waals surface area (Å²) < 4.78 is 69.6. The van der Waals surface area contributed by atoms with E-state index >= 15 is 0 Å². The molecule has 1 amide bonds. The van der Waals surface area contributed by atoms with Crippen molar-refractivity contribution < 1.29 is 31.9 Å². The van der Waals surface area contributed by atoms with Crippen molar-refractivity contribution in [1.29, 1.82) is 0 Å². The quantitative estimate of drug-likeness (QED) is 0.398. The van der Waals surface area contributed by atoms with Gasteiger partial charge in [0.1, 0.15) is 0 Å². The standard InChI is InChI=1S/C23H15F5N2O2/c24-18-5-1-4-16(20(18)25)22(32)29-15-8-6-13(7-9-15)21-17(23(26,27)28)11-19-14(12-31)3-2-10-30(19)21/h1-11,31H,12H2,(H,29,32). The maximum atomic E-state index is 13.8. The lowest BCUT2D eigenvalue weighted by Crippen LogP contribution is -2.14. The molecule has 0 saturated heterocycles. The van der Waals surface area contributed by atoms with Crippen LogP contribution in [-0.2, 0) is 12.8 Å². The number of amides is 1. The molecule has 0 radical (unpaired) electrons. The summed E-state index contributed by atoms with van der Waals surface area (Å²) in [5, 5.41) is 11.9. The summed E-state index contributed by atoms with van der Waals surface area (Å²) in [6.45, 7) is -0.424. The summed E-state index contributed by atoms with van der Waals surface area (Å²) >= 11 is 0. The normalized spacial score (nSPS) is 11.7. The molecule has 0 unspecified atom stereocenters. The number of nitrogens with one attached hydrogen (secondary N) is 1. The third-order valence-corrected chi connectivity index (χ3v) is 4.99. The van der Waals surface area contributed by atoms with Crippen molar-refractivity contribution in [1.82, 2.24) is 4.40 Å². The van der Waals surface area contributed by atoms with E-state index in [1.165, 1.54) is 53.1 Å². The summed E-state index contributed by atoms with van der Waals surface area (Å²) in [6, 6.07) is 12.7. The molecule has 2 aromatic heterocycles. The fourth-order valence-corrected chi connectivity index (χ4v) is 3.49. The maximum absolute atomic E-state index is 13.8. The van der Waals surface area contributed by atoms with Gasteiger partial charge in [-0.2, -0.15) is 13.2 Å². The van der Waals surface area contributed by atoms with Crippen LogP contribution in [0.5, 0.6) is 0 Å². The zero-order chi connectivity index (χ0) is 23.0. The summed E-state index contributed by atoms with van der Waals surface area (Å²) in [5.74, 6) is -3.36. The van der Waals surface area contributed by atoms with Crippen LogP contribution < -0.4 is 5.32 Å². The predicted octanol–water partition coefficient (Wildman–Crippen LogP) is 5.65. The number of rotatable bonds is 4. The van der Waals surface area contributed by atoms with Crippen LogP contribution in [0.15, 0.2) is 66.9 Å². The molecule has 9 heteroatoms. The number of anilines is 1. The van der Waals surface area contributed by atoms with E-state index in [-0.39, 0.29) is 22.5 Å². The molecule has 32 heavy (non-hydrogen) atoms. The van der Waals surface area contributed by atoms with Crippen LogP contribution in [0.3, 0.4) is 0 Å². The Balaban J connectivity index is 1.72. The van der Waals surface area contributed by atoms with E-state index in [0.717, 1.165) is 18.2 Å². The number of fused-ring (bicyclic) bond motifs is 1. The van der Waals surface area contributed by atoms with E-state index < -0.39 is 41.5 Å². The minimum absolute atomic E-state index is 0.128. The number of aliphatic hydroxyl groups excluding tert-OH is 1. The lowest BCUT2D eigenvalue weighted by molar-refractivity contribution is -0.137. The number of aliphatic hydroxyl groups is 1. The van der Waals surface area contributed by atoms with E-state index in [2.05, 4.69) is 5.32 Å². The summed E-state index contributed by atoms with van der Waals surface area (Å²) in [4.78, 5) is 12.2. The molecule has 0 spiro atoms. The number of alkyl halides is 3. The number of hydrogen-bond donors (Lipinski definition) is 2. The molecular formula is C23H15F5N2O2. The number of pyridine rings is 1. The average molecular weight is 446 g/mol. The van der Waals surface area contributed by atoms with Crippen LogP contribution in [-0.4, -0.2) is 15.4 Å². The molecule has 2 heterocycles. The first-order valence-corrected chi connectivity index (χ1v) is 9.37. The van der Waals surface area contributed by atoms with Crippen molar-refractivity contribution >= 4 is 17.1 Å². The number of hydrogen-bond acceptors (Lipinski definition) is 2. The number of halogens is 5. The van der Waals surface area contributed by atoms with Crippen LogP contribution in [0.1, 0.15) is 21.5 Å². The highest BCUT2D eigenvalue weighted by atomic mass is 19.4. The SMILES string of the molecule is O=C(Nc1ccc(-c2c(C(F)(F)F)cc3c(CO)cccn23)cc1)c1cccc(F)c1F. The fraction of sp³-hybridized carbons (Fsp3) is 0.0870. The highest BCUT2D eigenvalue weighted by Crippen LogP contribution is 2.40. The first-order valence-electron chi connectivity index (χ1n) is 9.37. The Bertz CT molecular complexity index is 1310. The van der Waals surface area contributed by atoms with Gasteiger partial charge in [-0.25, -0.2) is 8.78 Å². The lowest BCUT2D eigenvalue weighted by Gasteiger charge is -2.12. The van der Waals surface area contributed by atoms with E-state index in [9.17, 15) is 31.9 Å². The zero-order valence-corrected chi connectivity index (χ0v) is 16.3. The van der Waals surface area contributed by atoms with Crippen LogP contribution >= 0.6 is 0 Å². The molecule has 4 aromatic rings. The first kappa shape index (κ1) is 21.5. The molecule has 4 rings (SSSR count). The summed E-state index contributed by atoms with van der Waals surface area (Å²) in [6.07, 6.45) is -3.18. The van der Waals surface area contributed by atoms with Gasteiger partial charge in [-0.1, -0.05) is 24.3 Å². The second-order valence-electron chi connectivity index (χ2n) is 6.98. The van der Waals surface area contributed by atoms with Crippen molar-refractivity contribution in [2.75, 3.05) is 5.32 Å². The minimum atomic E-state index is -4.64. The second-order valence-corrected chi connectivity index (χ2v) is 6.98. The van der Waals surface area contributed by atoms with Gasteiger partial charge in [0.25, 0.3) is 5.91 Å². The summed E-state index contributed by atoms with van der Waals surface area (Å²) in [5.41, 5.74) is -0.548. The Morgan fingerprint density at radius 2 is 1.72 bits per heavy atom. The third-order valence-electron chi connectivity index (χ3n) is 4.99. The van der Waals surface area contributed by atoms with Gasteiger partial charge < -0.3 is 14.8 Å². The highest BCUT2D eigenvalue weighted by Gasteiger charge is 2.36. The van der Waals surface area contributed by atoms with E-state index in [1.807, 2.05) is 0 Å². The summed E-state index contributed by atoms with van der Waals surface area (Å²) in [7, 11) is 0. The Kier molecular flexibility index (Phi) is 5.43. The zero-order valence-electron chi connectivity index (χ0n) is 16.3. The molecule has 2 aromatic carbocycles. The van der Waals surface area contributed by atoms with Crippen molar-refractivity contribution in [3.63, 3.8) is 0 Å². The second kappa shape index (κ2) is 8.08. The number of nitrogens with zero attached hydrogens (tertiary/aromatic N) is 1. The number of carbonyl (C=O) groups excluding carboxylic acids is 1. The molecule has 0 aliphatic heterocycles. The van der Waals surface area contributed by atoms with Gasteiger partial charge in [0, 0.05) is 17.4 Å². The van der Waals surface area contributed by atoms with Gasteiger partial charge in [0.05, 0.1) is 28.9 Å². The molecule has 2 N–H and O–H groups in total. The molecule has 0 bridgehead atoms. The molecule has 0 aliphatic rings. The van der Waals surface area contributed by atoms with Crippen molar-refractivity contribution in [2.24, 2.45) is 0 Å². The van der Waals surface area contributed by atoms with Gasteiger partial charge in [0.15, 0.2) is 11.6 Å². The van der Waals surface area contributed by atoms with Gasteiger partial charge in [0.2, 0.25) is 0 Å². The Morgan fingerprint density at radius 3 is 2.38 bits per heavy atom. The van der Waals surface area contributed by atoms with E-state index in [0.29, 0.717) is 5.56 Å². The molecule has 0 fully saturated rings. The van der Waals surface area contributed by atoms with Crippen LogP contribution in [0.4, 0.5) is 27.6 Å². The van der Waals surface area contributed by atoms with Gasteiger partial charge >= 0.3 is 6.18 Å². The number of carbonyl (C=O) groups is 1. The van der Waals surface area contributed by atoms with Crippen LogP contribution in [0.2, 0.25) is 0 Å². The van der Waals surface area contributed by atoms with Crippen molar-refractivity contribution in [2.45, 2.75) is 12.8 Å². The molecule has 4 nitrogen and oxygen atoms in total. The van der Waals surface area contributed by atoms with E-state index in [4.69, 9.17) is 0 Å². The smallest absolute Gasteiger partial charge is 0.392 e. The van der Waals surface area contributed by atoms with Gasteiger partial charge in [-0.15, -0.1) is 0 Å². The molecule has 0 saturated carbocycles. The topological polar surface area (TPSA) is 53.7 Å². The van der Waals surface area contributed by atoms with Crippen molar-refractivity contribution in [3.05, 3.63) is 95.2 Å². The molecule has 164 valence electrons. The van der Waals surface area contributed by atoms with Crippen molar-refractivity contribution in [3.8, 4) is 11.3 Å². The van der Waals surface area contributed by atoms with Crippen LogP contribution in [0, 0.1) is 11.6 Å². The minimum Gasteiger partial charge on any atom is -0.392 e. The lowest BCUT2D eigenvalue weighted by atomic mass is 10.1. The van der Waals surface area contributed by atoms with Gasteiger partial charge in [-0.05, 0) is 42.0 Å². The maximum Gasteiger partial charge on any atom is 0.418 e. The van der Waals surface area contributed by atoms with E-state index in [1.54, 1.807) is 0 Å². The first-order chi connectivity index (χ1) is 15.2. The average Bonchev–Trinajstić information content (AvgIpc) is 3.16. The Labute approximate surface area is 178 Å². The number of benzene rings is 2. The van der Waals surface area contributed by atoms with Crippen LogP contribution in [0.25, 0.3) is 16.8 Å². The molecule has 0 atom stereocenters. The fourth-order valence-electron chi connectivity index (χ4n) is 3.49. The molecular weight excluding hydrogens is 431 g/mol. The Morgan fingerprint density at radius 1 is 1.00 bits per heavy atom. The number of aromatic nitrogens is 1. The highest BCUT2D eigenvalue weighted by molar-refractivity contribution is 6.04. The molecule has 0 aliphatic carbocycles. The van der Waals surface area contributed by atoms with Gasteiger partial charge in [-0.3, -0.25) is 4.79 Å². The predicted molar refractivity (Wildman–Crippen MR) is 108 cm³/mol. The Hall–Kier alpha value is -3.72. The third kappa shape index (κ3) is 3.82. The monoisotopic (exact) mass is 446 g/mol. The largest absolute Gasteiger partial charge is 0.418 e.